The average molecular weight is 645 g/mol. The Morgan fingerprint density at radius 3 is 2.08 bits per heavy atom. The van der Waals surface area contributed by atoms with Crippen LogP contribution >= 0.6 is 0 Å². The number of pyridine rings is 1. The van der Waals surface area contributed by atoms with Crippen molar-refractivity contribution in [3.05, 3.63) is 107 Å². The summed E-state index contributed by atoms with van der Waals surface area (Å²) < 4.78 is 2.10. The third kappa shape index (κ3) is 5.67. The van der Waals surface area contributed by atoms with Crippen LogP contribution in [0.15, 0.2) is 85.1 Å². The normalized spacial score (nSPS) is 15.6. The Kier molecular flexibility index (Phi) is 8.61. The summed E-state index contributed by atoms with van der Waals surface area (Å²) in [7, 11) is 2.05. The van der Waals surface area contributed by atoms with Gasteiger partial charge in [0.05, 0.1) is 0 Å². The zero-order valence-corrected chi connectivity index (χ0v) is 24.8. The van der Waals surface area contributed by atoms with Gasteiger partial charge >= 0.3 is 0 Å². The van der Waals surface area contributed by atoms with Crippen molar-refractivity contribution in [2.75, 3.05) is 44.2 Å². The Bertz CT molecular complexity index is 1510. The lowest BCUT2D eigenvalue weighted by atomic mass is 9.94. The quantitative estimate of drug-likeness (QED) is 0.175. The van der Waals surface area contributed by atoms with Crippen LogP contribution in [-0.4, -0.2) is 60.9 Å². The Balaban J connectivity index is 0.00000323. The van der Waals surface area contributed by atoms with Crippen molar-refractivity contribution in [3.63, 3.8) is 0 Å². The molecule has 204 valence electrons. The monoisotopic (exact) mass is 644 g/mol. The molecule has 3 aromatic carbocycles. The van der Waals surface area contributed by atoms with Gasteiger partial charge in [-0.05, 0) is 60.3 Å². The van der Waals surface area contributed by atoms with Gasteiger partial charge < -0.3 is 28.9 Å². The number of carbonyl (C=O) groups excluding carboxylic acids is 2. The van der Waals surface area contributed by atoms with Gasteiger partial charge in [-0.15, -0.1) is 0 Å². The van der Waals surface area contributed by atoms with Gasteiger partial charge in [-0.3, -0.25) is 19.4 Å². The van der Waals surface area contributed by atoms with Crippen molar-refractivity contribution in [2.45, 2.75) is 6.42 Å². The van der Waals surface area contributed by atoms with E-state index < -0.39 is 0 Å². The molecule has 0 radical (unpaired) electrons. The van der Waals surface area contributed by atoms with Crippen molar-refractivity contribution in [2.24, 2.45) is 7.05 Å². The number of amides is 2. The van der Waals surface area contributed by atoms with Crippen LogP contribution in [0.1, 0.15) is 38.4 Å². The van der Waals surface area contributed by atoms with E-state index >= 15 is 0 Å². The number of carbonyl (C=O) groups is 2. The largest absolute Gasteiger partial charge is 1.00 e. The van der Waals surface area contributed by atoms with Gasteiger partial charge in [-0.1, -0.05) is 36.4 Å². The minimum absolute atomic E-state index is 0. The summed E-state index contributed by atoms with van der Waals surface area (Å²) in [4.78, 5) is 32.5. The molecule has 0 unspecified atom stereocenters. The van der Waals surface area contributed by atoms with Crippen LogP contribution in [0.25, 0.3) is 22.9 Å². The summed E-state index contributed by atoms with van der Waals surface area (Å²) in [5, 5.41) is 1.73. The Morgan fingerprint density at radius 2 is 1.43 bits per heavy atom. The van der Waals surface area contributed by atoms with Crippen LogP contribution < -0.4 is 33.4 Å². The van der Waals surface area contributed by atoms with Gasteiger partial charge in [0.1, 0.15) is 7.05 Å². The van der Waals surface area contributed by atoms with E-state index in [0.29, 0.717) is 17.7 Å². The molecule has 0 N–H and O–H groups in total. The van der Waals surface area contributed by atoms with E-state index in [1.165, 1.54) is 16.2 Å². The summed E-state index contributed by atoms with van der Waals surface area (Å²) in [6.07, 6.45) is 7.11. The number of benzene rings is 3. The van der Waals surface area contributed by atoms with Crippen molar-refractivity contribution in [1.82, 2.24) is 9.80 Å². The van der Waals surface area contributed by atoms with Crippen LogP contribution in [0.4, 0.5) is 5.69 Å². The van der Waals surface area contributed by atoms with Crippen molar-refractivity contribution >= 4 is 40.4 Å². The second kappa shape index (κ2) is 12.3. The highest BCUT2D eigenvalue weighted by Gasteiger charge is 2.32. The molecule has 1 fully saturated rings. The number of halogens is 1. The first kappa shape index (κ1) is 28.0. The highest BCUT2D eigenvalue weighted by atomic mass is 127. The van der Waals surface area contributed by atoms with E-state index in [1.807, 2.05) is 42.5 Å². The van der Waals surface area contributed by atoms with Crippen molar-refractivity contribution in [3.8, 4) is 0 Å². The molecule has 1 aromatic heterocycles. The molecular weight excluding hydrogens is 611 g/mol. The molecule has 40 heavy (non-hydrogen) atoms. The lowest BCUT2D eigenvalue weighted by Crippen LogP contribution is -3.00. The minimum Gasteiger partial charge on any atom is -1.00 e. The maximum Gasteiger partial charge on any atom is 0.261 e. The summed E-state index contributed by atoms with van der Waals surface area (Å²) in [5.74, 6) is -0.352. The SMILES string of the molecule is C[n+]1ccccc1/C=C/c1ccc(N2CCN(CCCN3C(=O)c4cccc5cccc(c45)C3=O)CC2)cc1.[I-]. The van der Waals surface area contributed by atoms with E-state index in [4.69, 9.17) is 0 Å². The fraction of sp³-hybridized carbons (Fsp3) is 0.242. The molecule has 0 spiro atoms. The van der Waals surface area contributed by atoms with Crippen LogP contribution in [-0.2, 0) is 7.05 Å². The maximum absolute atomic E-state index is 13.1. The Labute approximate surface area is 252 Å². The summed E-state index contributed by atoms with van der Waals surface area (Å²) in [6.45, 7) is 5.18. The molecule has 4 aromatic rings. The van der Waals surface area contributed by atoms with E-state index in [2.05, 4.69) is 76.2 Å². The zero-order chi connectivity index (χ0) is 26.8. The first-order chi connectivity index (χ1) is 19.1. The molecule has 1 saturated heterocycles. The molecule has 0 atom stereocenters. The first-order valence-electron chi connectivity index (χ1n) is 13.7. The molecule has 6 nitrogen and oxygen atoms in total. The van der Waals surface area contributed by atoms with E-state index in [1.54, 1.807) is 0 Å². The van der Waals surface area contributed by atoms with Crippen molar-refractivity contribution < 1.29 is 38.1 Å². The summed E-state index contributed by atoms with van der Waals surface area (Å²) in [6, 6.07) is 26.3. The summed E-state index contributed by atoms with van der Waals surface area (Å²) in [5.41, 5.74) is 4.85. The van der Waals surface area contributed by atoms with E-state index in [-0.39, 0.29) is 35.8 Å². The fourth-order valence-corrected chi connectivity index (χ4v) is 5.65. The van der Waals surface area contributed by atoms with Gasteiger partial charge in [0.15, 0.2) is 6.20 Å². The third-order valence-corrected chi connectivity index (χ3v) is 7.88. The van der Waals surface area contributed by atoms with Crippen LogP contribution in [0.2, 0.25) is 0 Å². The fourth-order valence-electron chi connectivity index (χ4n) is 5.65. The molecule has 2 amide bonds. The Hall–Kier alpha value is -3.56. The molecule has 3 heterocycles. The van der Waals surface area contributed by atoms with Gasteiger partial charge in [0.25, 0.3) is 11.8 Å². The predicted octanol–water partition coefficient (Wildman–Crippen LogP) is 1.65. The van der Waals surface area contributed by atoms with E-state index in [9.17, 15) is 9.59 Å². The molecule has 2 aliphatic rings. The average Bonchev–Trinajstić information content (AvgIpc) is 2.98. The predicted molar refractivity (Wildman–Crippen MR) is 156 cm³/mol. The number of piperazine rings is 1. The number of imide groups is 1. The smallest absolute Gasteiger partial charge is 0.261 e. The van der Waals surface area contributed by atoms with Gasteiger partial charge in [-0.2, -0.15) is 0 Å². The highest BCUT2D eigenvalue weighted by molar-refractivity contribution is 6.25. The van der Waals surface area contributed by atoms with Crippen LogP contribution in [0, 0.1) is 0 Å². The maximum atomic E-state index is 13.1. The second-order valence-corrected chi connectivity index (χ2v) is 10.3. The topological polar surface area (TPSA) is 47.7 Å². The van der Waals surface area contributed by atoms with Crippen LogP contribution in [0.5, 0.6) is 0 Å². The summed E-state index contributed by atoms with van der Waals surface area (Å²) >= 11 is 0. The van der Waals surface area contributed by atoms with Crippen LogP contribution in [0.3, 0.4) is 0 Å². The number of aromatic nitrogens is 1. The number of nitrogens with zero attached hydrogens (tertiary/aromatic N) is 4. The second-order valence-electron chi connectivity index (χ2n) is 10.3. The molecule has 7 heteroatoms. The number of rotatable bonds is 7. The number of hydrogen-bond donors (Lipinski definition) is 0. The molecule has 0 aliphatic carbocycles. The zero-order valence-electron chi connectivity index (χ0n) is 22.7. The number of hydrogen-bond acceptors (Lipinski definition) is 4. The molecule has 6 rings (SSSR count). The first-order valence-corrected chi connectivity index (χ1v) is 13.7. The van der Waals surface area contributed by atoms with Gasteiger partial charge in [0.2, 0.25) is 5.69 Å². The molecule has 2 aliphatic heterocycles. The van der Waals surface area contributed by atoms with Gasteiger partial charge in [0, 0.05) is 73.1 Å². The lowest BCUT2D eigenvalue weighted by molar-refractivity contribution is -0.673. The third-order valence-electron chi connectivity index (χ3n) is 7.88. The molecule has 0 bridgehead atoms. The molecular formula is C33H33IN4O2. The van der Waals surface area contributed by atoms with Crippen molar-refractivity contribution in [1.29, 1.82) is 0 Å². The number of anilines is 1. The lowest BCUT2D eigenvalue weighted by Gasteiger charge is -2.36. The minimum atomic E-state index is -0.176. The van der Waals surface area contributed by atoms with Gasteiger partial charge in [-0.25, -0.2) is 4.57 Å². The highest BCUT2D eigenvalue weighted by Crippen LogP contribution is 2.30. The standard InChI is InChI=1S/C33H33N4O2.HI/c1-34-18-3-2-9-27(34)15-12-25-13-16-28(17-14-25)36-23-21-35(22-24-36)19-6-20-37-32(38)29-10-4-7-26-8-5-11-30(31(26)29)33(37)39;/h2-5,7-18H,6,19-24H2,1H3;1H/q+1;/p-1. The molecule has 0 saturated carbocycles. The Morgan fingerprint density at radius 1 is 0.750 bits per heavy atom. The van der Waals surface area contributed by atoms with E-state index in [0.717, 1.165) is 55.6 Å². The number of aryl methyl sites for hydroxylation is 1.